The van der Waals surface area contributed by atoms with E-state index in [-0.39, 0.29) is 5.91 Å². The highest BCUT2D eigenvalue weighted by atomic mass is 16.5. The van der Waals surface area contributed by atoms with Gasteiger partial charge in [0.05, 0.1) is 5.69 Å². The highest BCUT2D eigenvalue weighted by molar-refractivity contribution is 5.96. The number of carbonyl (C=O) groups is 1. The first-order valence-corrected chi connectivity index (χ1v) is 9.95. The van der Waals surface area contributed by atoms with E-state index in [0.717, 1.165) is 35.5 Å². The minimum Gasteiger partial charge on any atom is -0.488 e. The average molecular weight is 368 g/mol. The van der Waals surface area contributed by atoms with Crippen LogP contribution in [0.25, 0.3) is 11.3 Å². The minimum absolute atomic E-state index is 0.110. The van der Waals surface area contributed by atoms with Crippen LogP contribution in [-0.4, -0.2) is 46.3 Å². The summed E-state index contributed by atoms with van der Waals surface area (Å²) in [5.41, 5.74) is 3.32. The quantitative estimate of drug-likeness (QED) is 0.825. The van der Waals surface area contributed by atoms with Crippen LogP contribution < -0.4 is 10.1 Å². The van der Waals surface area contributed by atoms with Gasteiger partial charge in [0.2, 0.25) is 0 Å². The molecule has 1 aromatic heterocycles. The number of fused-ring (bicyclic) bond motifs is 3. The predicted octanol–water partition coefficient (Wildman–Crippen LogP) is 2.97. The molecule has 1 aromatic carbocycles. The Hall–Kier alpha value is -2.34. The van der Waals surface area contributed by atoms with Crippen molar-refractivity contribution in [3.05, 3.63) is 35.5 Å². The third-order valence-corrected chi connectivity index (χ3v) is 5.72. The fourth-order valence-electron chi connectivity index (χ4n) is 4.22. The Labute approximate surface area is 160 Å². The molecule has 144 valence electrons. The van der Waals surface area contributed by atoms with Crippen molar-refractivity contribution in [2.75, 3.05) is 19.6 Å². The molecule has 1 atom stereocenters. The molecule has 0 spiro atoms. The first-order valence-electron chi connectivity index (χ1n) is 9.95. The van der Waals surface area contributed by atoms with Crippen LogP contribution >= 0.6 is 0 Å². The maximum absolute atomic E-state index is 12.7. The van der Waals surface area contributed by atoms with Crippen molar-refractivity contribution in [3.8, 4) is 17.0 Å². The number of nitrogens with zero attached hydrogens (tertiary/aromatic N) is 3. The zero-order valence-electron chi connectivity index (χ0n) is 16.2. The van der Waals surface area contributed by atoms with Gasteiger partial charge in [0.25, 0.3) is 5.91 Å². The molecule has 0 bridgehead atoms. The Morgan fingerprint density at radius 3 is 3.04 bits per heavy atom. The van der Waals surface area contributed by atoms with E-state index in [4.69, 9.17) is 4.74 Å². The van der Waals surface area contributed by atoms with Crippen LogP contribution in [0.4, 0.5) is 0 Å². The largest absolute Gasteiger partial charge is 0.488 e. The van der Waals surface area contributed by atoms with Gasteiger partial charge in [0.1, 0.15) is 12.4 Å². The lowest BCUT2D eigenvalue weighted by molar-refractivity contribution is 0.0940. The fraction of sp³-hybridized carbons (Fsp3) is 0.524. The van der Waals surface area contributed by atoms with Crippen molar-refractivity contribution >= 4 is 5.91 Å². The first-order chi connectivity index (χ1) is 13.1. The zero-order chi connectivity index (χ0) is 18.8. The van der Waals surface area contributed by atoms with Gasteiger partial charge in [-0.1, -0.05) is 18.6 Å². The molecule has 2 aliphatic rings. The predicted molar refractivity (Wildman–Crippen MR) is 105 cm³/mol. The highest BCUT2D eigenvalue weighted by Crippen LogP contribution is 2.38. The van der Waals surface area contributed by atoms with Crippen LogP contribution in [-0.2, 0) is 13.7 Å². The van der Waals surface area contributed by atoms with E-state index in [1.54, 1.807) is 4.68 Å². The number of carbonyl (C=O) groups excluding carboxylic acids is 1. The summed E-state index contributed by atoms with van der Waals surface area (Å²) in [6.45, 7) is 5.58. The van der Waals surface area contributed by atoms with Gasteiger partial charge in [-0.2, -0.15) is 5.10 Å². The number of ether oxygens (including phenoxy) is 1. The SMILES string of the molecule is C[C@@H]1CCCCN1CCCNC(=O)c1nn(C)c2c1COc1ccccc1-2. The molecule has 1 amide bonds. The number of likely N-dealkylation sites (tertiary alicyclic amines) is 1. The van der Waals surface area contributed by atoms with Crippen molar-refractivity contribution in [2.45, 2.75) is 45.3 Å². The molecule has 0 saturated carbocycles. The molecule has 27 heavy (non-hydrogen) atoms. The van der Waals surface area contributed by atoms with E-state index in [0.29, 0.717) is 24.9 Å². The van der Waals surface area contributed by atoms with Crippen LogP contribution in [0.3, 0.4) is 0 Å². The van der Waals surface area contributed by atoms with Crippen molar-refractivity contribution in [1.82, 2.24) is 20.0 Å². The zero-order valence-corrected chi connectivity index (χ0v) is 16.2. The lowest BCUT2D eigenvalue weighted by Gasteiger charge is -2.33. The molecule has 4 rings (SSSR count). The van der Waals surface area contributed by atoms with Gasteiger partial charge in [0, 0.05) is 37.3 Å². The summed E-state index contributed by atoms with van der Waals surface area (Å²) in [7, 11) is 1.88. The van der Waals surface area contributed by atoms with Gasteiger partial charge < -0.3 is 15.0 Å². The number of hydrogen-bond acceptors (Lipinski definition) is 4. The van der Waals surface area contributed by atoms with Gasteiger partial charge in [-0.25, -0.2) is 0 Å². The summed E-state index contributed by atoms with van der Waals surface area (Å²) in [4.78, 5) is 15.2. The van der Waals surface area contributed by atoms with Gasteiger partial charge >= 0.3 is 0 Å². The van der Waals surface area contributed by atoms with Gasteiger partial charge in [0.15, 0.2) is 5.69 Å². The lowest BCUT2D eigenvalue weighted by atomic mass is 10.0. The standard InChI is InChI=1S/C21H28N4O2/c1-15-8-5-6-12-25(15)13-7-11-22-21(26)19-17-14-27-18-10-4-3-9-16(18)20(17)24(2)23-19/h3-4,9-10,15H,5-8,11-14H2,1-2H3,(H,22,26)/t15-/m1/s1. The Bertz CT molecular complexity index is 830. The Balaban J connectivity index is 1.39. The molecule has 2 aliphatic heterocycles. The van der Waals surface area contributed by atoms with Crippen molar-refractivity contribution in [3.63, 3.8) is 0 Å². The van der Waals surface area contributed by atoms with Crippen LogP contribution in [0, 0.1) is 0 Å². The molecule has 3 heterocycles. The van der Waals surface area contributed by atoms with E-state index in [2.05, 4.69) is 22.2 Å². The number of hydrogen-bond donors (Lipinski definition) is 1. The van der Waals surface area contributed by atoms with Crippen molar-refractivity contribution in [1.29, 1.82) is 0 Å². The minimum atomic E-state index is -0.110. The fourth-order valence-corrected chi connectivity index (χ4v) is 4.22. The van der Waals surface area contributed by atoms with Gasteiger partial charge in [-0.15, -0.1) is 0 Å². The summed E-state index contributed by atoms with van der Waals surface area (Å²) in [6, 6.07) is 8.56. The number of para-hydroxylation sites is 1. The van der Waals surface area contributed by atoms with Crippen LogP contribution in [0.2, 0.25) is 0 Å². The van der Waals surface area contributed by atoms with E-state index >= 15 is 0 Å². The van der Waals surface area contributed by atoms with E-state index in [1.165, 1.54) is 25.8 Å². The highest BCUT2D eigenvalue weighted by Gasteiger charge is 2.28. The molecule has 0 radical (unpaired) electrons. The van der Waals surface area contributed by atoms with Crippen LogP contribution in [0.15, 0.2) is 24.3 Å². The molecule has 6 nitrogen and oxygen atoms in total. The molecule has 0 unspecified atom stereocenters. The lowest BCUT2D eigenvalue weighted by Crippen LogP contribution is -2.39. The number of aromatic nitrogens is 2. The Morgan fingerprint density at radius 1 is 1.33 bits per heavy atom. The van der Waals surface area contributed by atoms with E-state index in [1.807, 2.05) is 31.3 Å². The number of nitrogens with one attached hydrogen (secondary N) is 1. The average Bonchev–Trinajstić information content (AvgIpc) is 3.03. The maximum Gasteiger partial charge on any atom is 0.272 e. The molecule has 6 heteroatoms. The molecular formula is C21H28N4O2. The monoisotopic (exact) mass is 368 g/mol. The van der Waals surface area contributed by atoms with Crippen LogP contribution in [0.5, 0.6) is 5.75 Å². The molecule has 0 aliphatic carbocycles. The molecule has 1 fully saturated rings. The molecule has 1 saturated heterocycles. The second-order valence-electron chi connectivity index (χ2n) is 7.57. The third-order valence-electron chi connectivity index (χ3n) is 5.72. The summed E-state index contributed by atoms with van der Waals surface area (Å²) >= 11 is 0. The molecule has 1 N–H and O–H groups in total. The van der Waals surface area contributed by atoms with Gasteiger partial charge in [-0.3, -0.25) is 9.48 Å². The molecule has 2 aromatic rings. The number of aryl methyl sites for hydroxylation is 1. The summed E-state index contributed by atoms with van der Waals surface area (Å²) in [5.74, 6) is 0.733. The summed E-state index contributed by atoms with van der Waals surface area (Å²) < 4.78 is 7.62. The second kappa shape index (κ2) is 7.72. The topological polar surface area (TPSA) is 59.4 Å². The summed E-state index contributed by atoms with van der Waals surface area (Å²) in [5, 5.41) is 7.53. The number of rotatable bonds is 5. The van der Waals surface area contributed by atoms with Gasteiger partial charge in [-0.05, 0) is 44.9 Å². The number of piperidine rings is 1. The van der Waals surface area contributed by atoms with Crippen molar-refractivity contribution < 1.29 is 9.53 Å². The van der Waals surface area contributed by atoms with Crippen LogP contribution in [0.1, 0.15) is 48.7 Å². The smallest absolute Gasteiger partial charge is 0.272 e. The summed E-state index contributed by atoms with van der Waals surface area (Å²) in [6.07, 6.45) is 4.88. The first kappa shape index (κ1) is 18.0. The van der Waals surface area contributed by atoms with E-state index < -0.39 is 0 Å². The van der Waals surface area contributed by atoms with E-state index in [9.17, 15) is 4.79 Å². The Kier molecular flexibility index (Phi) is 5.16. The second-order valence-corrected chi connectivity index (χ2v) is 7.57. The third kappa shape index (κ3) is 3.58. The normalized spacial score (nSPS) is 19.1. The number of benzene rings is 1. The maximum atomic E-state index is 12.7. The molecular weight excluding hydrogens is 340 g/mol. The van der Waals surface area contributed by atoms with Crippen molar-refractivity contribution in [2.24, 2.45) is 7.05 Å². The number of amides is 1. The Morgan fingerprint density at radius 2 is 2.19 bits per heavy atom.